The summed E-state index contributed by atoms with van der Waals surface area (Å²) in [6.07, 6.45) is 4.64. The van der Waals surface area contributed by atoms with Crippen molar-refractivity contribution < 1.29 is 9.53 Å². The molecule has 4 heteroatoms. The zero-order chi connectivity index (χ0) is 16.7. The second-order valence-electron chi connectivity index (χ2n) is 7.39. The quantitative estimate of drug-likeness (QED) is 0.760. The Morgan fingerprint density at radius 1 is 1.13 bits per heavy atom. The van der Waals surface area contributed by atoms with Crippen molar-refractivity contribution in [2.24, 2.45) is 11.8 Å². The summed E-state index contributed by atoms with van der Waals surface area (Å²) in [5, 5.41) is 2.92. The maximum atomic E-state index is 11.7. The van der Waals surface area contributed by atoms with Crippen LogP contribution in [0.2, 0.25) is 0 Å². The normalized spacial score (nSPS) is 21.7. The van der Waals surface area contributed by atoms with Gasteiger partial charge >= 0.3 is 6.09 Å². The van der Waals surface area contributed by atoms with Crippen molar-refractivity contribution in [3.8, 4) is 0 Å². The molecule has 1 aromatic rings. The molecule has 0 aliphatic heterocycles. The molecule has 0 atom stereocenters. The Morgan fingerprint density at radius 2 is 1.74 bits per heavy atom. The summed E-state index contributed by atoms with van der Waals surface area (Å²) in [6.45, 7) is 6.42. The van der Waals surface area contributed by atoms with Crippen LogP contribution in [0.15, 0.2) is 35.2 Å². The third kappa shape index (κ3) is 7.30. The van der Waals surface area contributed by atoms with Crippen molar-refractivity contribution in [1.82, 2.24) is 5.32 Å². The highest BCUT2D eigenvalue weighted by molar-refractivity contribution is 7.99. The smallest absolute Gasteiger partial charge is 0.407 e. The number of rotatable bonds is 5. The fourth-order valence-corrected chi connectivity index (χ4v) is 3.99. The molecule has 0 aromatic heterocycles. The van der Waals surface area contributed by atoms with Crippen molar-refractivity contribution in [1.29, 1.82) is 0 Å². The van der Waals surface area contributed by atoms with E-state index >= 15 is 0 Å². The lowest BCUT2D eigenvalue weighted by Gasteiger charge is -2.29. The Balaban J connectivity index is 1.61. The lowest BCUT2D eigenvalue weighted by atomic mass is 9.83. The number of nitrogens with one attached hydrogen (secondary N) is 1. The van der Waals surface area contributed by atoms with Gasteiger partial charge in [0.25, 0.3) is 0 Å². The number of carbonyl (C=O) groups is 1. The van der Waals surface area contributed by atoms with Gasteiger partial charge < -0.3 is 10.1 Å². The first-order valence-electron chi connectivity index (χ1n) is 8.57. The zero-order valence-electron chi connectivity index (χ0n) is 14.5. The van der Waals surface area contributed by atoms with E-state index in [-0.39, 0.29) is 6.09 Å². The van der Waals surface area contributed by atoms with E-state index in [4.69, 9.17) is 4.74 Å². The van der Waals surface area contributed by atoms with Crippen molar-refractivity contribution in [3.05, 3.63) is 30.3 Å². The number of alkyl carbamates (subject to hydrolysis) is 1. The molecule has 1 fully saturated rings. The van der Waals surface area contributed by atoms with Crippen LogP contribution in [0.5, 0.6) is 0 Å². The van der Waals surface area contributed by atoms with Gasteiger partial charge in [-0.2, -0.15) is 0 Å². The Labute approximate surface area is 144 Å². The summed E-state index contributed by atoms with van der Waals surface area (Å²) >= 11 is 1.96. The summed E-state index contributed by atoms with van der Waals surface area (Å²) in [4.78, 5) is 13.1. The molecule has 1 aromatic carbocycles. The molecule has 1 aliphatic rings. The van der Waals surface area contributed by atoms with Gasteiger partial charge in [-0.3, -0.25) is 0 Å². The Kier molecular flexibility index (Phi) is 6.82. The third-order valence-corrected chi connectivity index (χ3v) is 5.37. The lowest BCUT2D eigenvalue weighted by Crippen LogP contribution is -2.36. The van der Waals surface area contributed by atoms with Gasteiger partial charge in [-0.05, 0) is 70.4 Å². The number of ether oxygens (including phenoxy) is 1. The van der Waals surface area contributed by atoms with Gasteiger partial charge in [-0.15, -0.1) is 11.8 Å². The fraction of sp³-hybridized carbons (Fsp3) is 0.632. The van der Waals surface area contributed by atoms with Crippen LogP contribution in [-0.4, -0.2) is 24.0 Å². The van der Waals surface area contributed by atoms with Crippen molar-refractivity contribution in [2.45, 2.75) is 57.0 Å². The molecule has 23 heavy (non-hydrogen) atoms. The third-order valence-electron chi connectivity index (χ3n) is 4.13. The van der Waals surface area contributed by atoms with E-state index in [2.05, 4.69) is 35.6 Å². The highest BCUT2D eigenvalue weighted by Gasteiger charge is 2.23. The molecular weight excluding hydrogens is 306 g/mol. The highest BCUT2D eigenvalue weighted by Crippen LogP contribution is 2.32. The Hall–Kier alpha value is -1.16. The maximum absolute atomic E-state index is 11.7. The van der Waals surface area contributed by atoms with Gasteiger partial charge in [0, 0.05) is 17.2 Å². The summed E-state index contributed by atoms with van der Waals surface area (Å²) in [5.41, 5.74) is -0.420. The van der Waals surface area contributed by atoms with Crippen LogP contribution in [0.25, 0.3) is 0 Å². The highest BCUT2D eigenvalue weighted by atomic mass is 32.2. The molecule has 1 aliphatic carbocycles. The number of benzene rings is 1. The van der Waals surface area contributed by atoms with Gasteiger partial charge in [-0.25, -0.2) is 4.79 Å². The van der Waals surface area contributed by atoms with Crippen molar-refractivity contribution in [3.63, 3.8) is 0 Å². The molecule has 0 radical (unpaired) electrons. The average Bonchev–Trinajstić information content (AvgIpc) is 2.51. The Morgan fingerprint density at radius 3 is 2.35 bits per heavy atom. The van der Waals surface area contributed by atoms with E-state index in [1.165, 1.54) is 36.3 Å². The van der Waals surface area contributed by atoms with Crippen LogP contribution in [0, 0.1) is 11.8 Å². The molecule has 3 nitrogen and oxygen atoms in total. The molecule has 1 saturated carbocycles. The minimum atomic E-state index is -0.420. The minimum Gasteiger partial charge on any atom is -0.444 e. The van der Waals surface area contributed by atoms with E-state index < -0.39 is 5.60 Å². The molecule has 128 valence electrons. The van der Waals surface area contributed by atoms with E-state index in [1.54, 1.807) is 0 Å². The van der Waals surface area contributed by atoms with Gasteiger partial charge in [-0.1, -0.05) is 18.2 Å². The second kappa shape index (κ2) is 8.62. The molecule has 1 N–H and O–H groups in total. The minimum absolute atomic E-state index is 0.292. The average molecular weight is 336 g/mol. The van der Waals surface area contributed by atoms with E-state index in [1.807, 2.05) is 32.5 Å². The predicted molar refractivity (Wildman–Crippen MR) is 96.9 cm³/mol. The summed E-state index contributed by atoms with van der Waals surface area (Å²) in [7, 11) is 0. The van der Waals surface area contributed by atoms with Gasteiger partial charge in [0.15, 0.2) is 0 Å². The first kappa shape index (κ1) is 18.2. The number of amides is 1. The van der Waals surface area contributed by atoms with Gasteiger partial charge in [0.05, 0.1) is 0 Å². The van der Waals surface area contributed by atoms with Crippen LogP contribution in [0.4, 0.5) is 4.79 Å². The largest absolute Gasteiger partial charge is 0.444 e. The first-order chi connectivity index (χ1) is 10.9. The monoisotopic (exact) mass is 335 g/mol. The van der Waals surface area contributed by atoms with E-state index in [9.17, 15) is 4.79 Å². The van der Waals surface area contributed by atoms with Gasteiger partial charge in [0.2, 0.25) is 0 Å². The molecule has 0 heterocycles. The standard InChI is InChI=1S/C19H29NO2S/c1-19(2,3)22-18(21)20-13-15-9-11-16(12-10-15)14-23-17-7-5-4-6-8-17/h4-8,15-16H,9-14H2,1-3H3,(H,20,21). The van der Waals surface area contributed by atoms with Crippen LogP contribution >= 0.6 is 11.8 Å². The fourth-order valence-electron chi connectivity index (χ4n) is 2.87. The summed E-state index contributed by atoms with van der Waals surface area (Å²) < 4.78 is 5.28. The zero-order valence-corrected chi connectivity index (χ0v) is 15.3. The van der Waals surface area contributed by atoms with Crippen molar-refractivity contribution in [2.75, 3.05) is 12.3 Å². The first-order valence-corrected chi connectivity index (χ1v) is 9.55. The molecule has 2 rings (SSSR count). The maximum Gasteiger partial charge on any atom is 0.407 e. The second-order valence-corrected chi connectivity index (χ2v) is 8.49. The lowest BCUT2D eigenvalue weighted by molar-refractivity contribution is 0.0514. The van der Waals surface area contributed by atoms with Gasteiger partial charge in [0.1, 0.15) is 5.60 Å². The Bertz CT molecular complexity index is 476. The molecule has 0 spiro atoms. The van der Waals surface area contributed by atoms with Crippen molar-refractivity contribution >= 4 is 17.9 Å². The number of hydrogen-bond donors (Lipinski definition) is 1. The number of hydrogen-bond acceptors (Lipinski definition) is 3. The van der Waals surface area contributed by atoms with Crippen LogP contribution in [-0.2, 0) is 4.74 Å². The van der Waals surface area contributed by atoms with Crippen LogP contribution in [0.3, 0.4) is 0 Å². The molecule has 0 saturated heterocycles. The summed E-state index contributed by atoms with van der Waals surface area (Å²) in [6, 6.07) is 10.6. The molecule has 0 unspecified atom stereocenters. The molecule has 1 amide bonds. The SMILES string of the molecule is CC(C)(C)OC(=O)NCC1CCC(CSc2ccccc2)CC1. The van der Waals surface area contributed by atoms with Crippen LogP contribution < -0.4 is 5.32 Å². The molecule has 0 bridgehead atoms. The molecular formula is C19H29NO2S. The number of carbonyl (C=O) groups excluding carboxylic acids is 1. The summed E-state index contributed by atoms with van der Waals surface area (Å²) in [5.74, 6) is 2.61. The van der Waals surface area contributed by atoms with E-state index in [0.29, 0.717) is 5.92 Å². The number of thioether (sulfide) groups is 1. The van der Waals surface area contributed by atoms with Crippen LogP contribution in [0.1, 0.15) is 46.5 Å². The predicted octanol–water partition coefficient (Wildman–Crippen LogP) is 5.11. The van der Waals surface area contributed by atoms with E-state index in [0.717, 1.165) is 12.5 Å². The topological polar surface area (TPSA) is 38.3 Å².